The molecule has 2 aromatic rings. The second kappa shape index (κ2) is 6.12. The monoisotopic (exact) mass is 353 g/mol. The summed E-state index contributed by atoms with van der Waals surface area (Å²) in [5.74, 6) is -2.03. The number of carboxylic acids is 1. The smallest absolute Gasteiger partial charge is 0.337 e. The molecule has 24 heavy (non-hydrogen) atoms. The van der Waals surface area contributed by atoms with Crippen LogP contribution in [0.3, 0.4) is 0 Å². The average molecular weight is 353 g/mol. The van der Waals surface area contributed by atoms with Gasteiger partial charge in [0.25, 0.3) is 21.1 Å². The van der Waals surface area contributed by atoms with Gasteiger partial charge in [-0.1, -0.05) is 0 Å². The SMILES string of the molecule is CC(=O)Nc1ccc(S(=O)(=O)n2[nH]c(=O)ccc2=O)cc1C(=O)O. The number of carbonyl (C=O) groups excluding carboxylic acids is 1. The van der Waals surface area contributed by atoms with Gasteiger partial charge >= 0.3 is 5.97 Å². The fourth-order valence-electron chi connectivity index (χ4n) is 1.85. The highest BCUT2D eigenvalue weighted by Gasteiger charge is 2.22. The number of aromatic nitrogens is 2. The Bertz CT molecular complexity index is 1050. The molecule has 0 radical (unpaired) electrons. The zero-order valence-electron chi connectivity index (χ0n) is 12.1. The molecule has 1 heterocycles. The van der Waals surface area contributed by atoms with Crippen molar-refractivity contribution in [1.29, 1.82) is 0 Å². The number of anilines is 1. The van der Waals surface area contributed by atoms with Crippen LogP contribution in [0, 0.1) is 0 Å². The van der Waals surface area contributed by atoms with Gasteiger partial charge < -0.3 is 10.4 Å². The van der Waals surface area contributed by atoms with Crippen molar-refractivity contribution in [2.45, 2.75) is 11.8 Å². The zero-order chi connectivity index (χ0) is 18.1. The van der Waals surface area contributed by atoms with E-state index in [1.54, 1.807) is 0 Å². The summed E-state index contributed by atoms with van der Waals surface area (Å²) >= 11 is 0. The number of nitrogens with zero attached hydrogens (tertiary/aromatic N) is 1. The topological polar surface area (TPSA) is 155 Å². The summed E-state index contributed by atoms with van der Waals surface area (Å²) in [6.45, 7) is 1.16. The van der Waals surface area contributed by atoms with Crippen molar-refractivity contribution in [2.75, 3.05) is 5.32 Å². The molecule has 11 heteroatoms. The van der Waals surface area contributed by atoms with Crippen LogP contribution in [0.1, 0.15) is 17.3 Å². The number of rotatable bonds is 4. The van der Waals surface area contributed by atoms with Gasteiger partial charge in [0.05, 0.1) is 16.1 Å². The van der Waals surface area contributed by atoms with Crippen LogP contribution < -0.4 is 16.4 Å². The van der Waals surface area contributed by atoms with E-state index in [9.17, 15) is 27.6 Å². The molecule has 0 bridgehead atoms. The molecular weight excluding hydrogens is 342 g/mol. The molecule has 2 rings (SSSR count). The molecule has 0 unspecified atom stereocenters. The number of benzene rings is 1. The molecule has 126 valence electrons. The number of hydrogen-bond donors (Lipinski definition) is 3. The van der Waals surface area contributed by atoms with Crippen molar-refractivity contribution < 1.29 is 23.1 Å². The molecule has 0 aliphatic rings. The highest BCUT2D eigenvalue weighted by molar-refractivity contribution is 7.89. The van der Waals surface area contributed by atoms with E-state index in [-0.39, 0.29) is 9.77 Å². The highest BCUT2D eigenvalue weighted by Crippen LogP contribution is 2.21. The predicted octanol–water partition coefficient (Wildman–Crippen LogP) is -0.570. The number of amides is 1. The molecule has 0 aliphatic heterocycles. The summed E-state index contributed by atoms with van der Waals surface area (Å²) in [6, 6.07) is 4.48. The Morgan fingerprint density at radius 1 is 1.17 bits per heavy atom. The quantitative estimate of drug-likeness (QED) is 0.664. The largest absolute Gasteiger partial charge is 0.478 e. The Kier molecular flexibility index (Phi) is 4.37. The molecule has 1 aromatic heterocycles. The molecule has 10 nitrogen and oxygen atoms in total. The first-order valence-electron chi connectivity index (χ1n) is 6.36. The minimum absolute atomic E-state index is 0.106. The molecule has 0 fully saturated rings. The number of nitrogens with one attached hydrogen (secondary N) is 2. The number of aromatic amines is 1. The third-order valence-electron chi connectivity index (χ3n) is 2.86. The van der Waals surface area contributed by atoms with Crippen LogP contribution in [0.4, 0.5) is 5.69 Å². The van der Waals surface area contributed by atoms with Crippen molar-refractivity contribution in [2.24, 2.45) is 0 Å². The molecule has 1 amide bonds. The summed E-state index contributed by atoms with van der Waals surface area (Å²) in [6.07, 6.45) is 0. The second-order valence-corrected chi connectivity index (χ2v) is 6.40. The number of hydrogen-bond acceptors (Lipinski definition) is 6. The van der Waals surface area contributed by atoms with E-state index in [4.69, 9.17) is 5.11 Å². The molecule has 0 spiro atoms. The van der Waals surface area contributed by atoms with Crippen LogP contribution in [0.5, 0.6) is 0 Å². The summed E-state index contributed by atoms with van der Waals surface area (Å²) in [4.78, 5) is 44.7. The first-order valence-corrected chi connectivity index (χ1v) is 7.80. The number of aromatic carboxylic acids is 1. The van der Waals surface area contributed by atoms with Crippen LogP contribution in [-0.4, -0.2) is 34.6 Å². The van der Waals surface area contributed by atoms with Crippen LogP contribution in [0.15, 0.2) is 44.8 Å². The fraction of sp³-hybridized carbons (Fsp3) is 0.0769. The van der Waals surface area contributed by atoms with E-state index in [0.29, 0.717) is 0 Å². The van der Waals surface area contributed by atoms with E-state index in [1.165, 1.54) is 0 Å². The van der Waals surface area contributed by atoms with Crippen molar-refractivity contribution in [3.05, 3.63) is 56.6 Å². The van der Waals surface area contributed by atoms with Gasteiger partial charge in [-0.3, -0.25) is 14.4 Å². The summed E-state index contributed by atoms with van der Waals surface area (Å²) < 4.78 is 25.0. The van der Waals surface area contributed by atoms with E-state index in [1.807, 2.05) is 5.10 Å². The van der Waals surface area contributed by atoms with Gasteiger partial charge in [-0.2, -0.15) is 8.42 Å². The van der Waals surface area contributed by atoms with E-state index in [2.05, 4.69) is 5.32 Å². The third kappa shape index (κ3) is 3.25. The van der Waals surface area contributed by atoms with E-state index >= 15 is 0 Å². The third-order valence-corrected chi connectivity index (χ3v) is 4.46. The molecule has 0 aliphatic carbocycles. The van der Waals surface area contributed by atoms with Gasteiger partial charge in [-0.05, 0) is 18.2 Å². The Morgan fingerprint density at radius 3 is 2.42 bits per heavy atom. The van der Waals surface area contributed by atoms with Crippen LogP contribution in [0.25, 0.3) is 0 Å². The fourth-order valence-corrected chi connectivity index (χ4v) is 3.08. The van der Waals surface area contributed by atoms with Gasteiger partial charge in [-0.15, -0.1) is 4.09 Å². The molecule has 0 saturated carbocycles. The van der Waals surface area contributed by atoms with Gasteiger partial charge in [0.1, 0.15) is 0 Å². The number of carboxylic acid groups (broad SMARTS) is 1. The van der Waals surface area contributed by atoms with Crippen LogP contribution in [-0.2, 0) is 14.8 Å². The molecule has 0 atom stereocenters. The standard InChI is InChI=1S/C13H11N3O7S/c1-7(17)14-10-3-2-8(6-9(10)13(20)21)24(22,23)16-12(19)5-4-11(18)15-16/h2-6H,1H3,(H,14,17)(H,15,18)(H,20,21). The summed E-state index contributed by atoms with van der Waals surface area (Å²) in [5.41, 5.74) is -2.44. The zero-order valence-corrected chi connectivity index (χ0v) is 13.0. The number of H-pyrrole nitrogens is 1. The summed E-state index contributed by atoms with van der Waals surface area (Å²) in [7, 11) is -4.52. The van der Waals surface area contributed by atoms with Crippen molar-refractivity contribution in [3.8, 4) is 0 Å². The van der Waals surface area contributed by atoms with Crippen LogP contribution in [0.2, 0.25) is 0 Å². The molecule has 3 N–H and O–H groups in total. The van der Waals surface area contributed by atoms with Crippen molar-refractivity contribution >= 4 is 27.6 Å². The maximum Gasteiger partial charge on any atom is 0.337 e. The Labute approximate surface area is 134 Å². The van der Waals surface area contributed by atoms with Gasteiger partial charge in [0.2, 0.25) is 5.91 Å². The van der Waals surface area contributed by atoms with Crippen molar-refractivity contribution in [1.82, 2.24) is 9.19 Å². The minimum atomic E-state index is -4.52. The van der Waals surface area contributed by atoms with Gasteiger partial charge in [0.15, 0.2) is 0 Å². The lowest BCUT2D eigenvalue weighted by molar-refractivity contribution is -0.114. The Balaban J connectivity index is 2.68. The van der Waals surface area contributed by atoms with E-state index in [0.717, 1.165) is 37.3 Å². The van der Waals surface area contributed by atoms with Gasteiger partial charge in [-0.25, -0.2) is 9.89 Å². The second-order valence-electron chi connectivity index (χ2n) is 4.61. The first kappa shape index (κ1) is 17.1. The van der Waals surface area contributed by atoms with Crippen LogP contribution >= 0.6 is 0 Å². The lowest BCUT2D eigenvalue weighted by Gasteiger charge is -2.10. The number of carbonyl (C=O) groups is 2. The maximum atomic E-state index is 12.4. The lowest BCUT2D eigenvalue weighted by Crippen LogP contribution is -2.33. The normalized spacial score (nSPS) is 11.0. The first-order chi connectivity index (χ1) is 11.1. The molecule has 1 aromatic carbocycles. The Hall–Kier alpha value is -3.21. The predicted molar refractivity (Wildman–Crippen MR) is 81.6 cm³/mol. The average Bonchev–Trinajstić information content (AvgIpc) is 2.49. The molecular formula is C13H11N3O7S. The maximum absolute atomic E-state index is 12.4. The minimum Gasteiger partial charge on any atom is -0.478 e. The lowest BCUT2D eigenvalue weighted by atomic mass is 10.2. The molecule has 0 saturated heterocycles. The highest BCUT2D eigenvalue weighted by atomic mass is 32.2. The van der Waals surface area contributed by atoms with Gasteiger partial charge in [0, 0.05) is 19.1 Å². The van der Waals surface area contributed by atoms with E-state index < -0.39 is 43.5 Å². The summed E-state index contributed by atoms with van der Waals surface area (Å²) in [5, 5.41) is 13.3. The Morgan fingerprint density at radius 2 is 1.83 bits per heavy atom. The van der Waals surface area contributed by atoms with Crippen molar-refractivity contribution in [3.63, 3.8) is 0 Å².